The maximum absolute atomic E-state index is 9.00. The van der Waals surface area contributed by atoms with Gasteiger partial charge in [-0.1, -0.05) is 0 Å². The molecule has 0 heterocycles. The minimum absolute atomic E-state index is 0.0444. The van der Waals surface area contributed by atoms with Crippen LogP contribution in [0.5, 0.6) is 0 Å². The van der Waals surface area contributed by atoms with Crippen molar-refractivity contribution in [2.24, 2.45) is 0 Å². The largest absolute Gasteiger partial charge is 0.396 e. The van der Waals surface area contributed by atoms with Crippen molar-refractivity contribution in [3.63, 3.8) is 0 Å². The highest BCUT2D eigenvalue weighted by atomic mass is 16.6. The lowest BCUT2D eigenvalue weighted by atomic mass is 10.2. The molecule has 0 amide bonds. The van der Waals surface area contributed by atoms with Crippen molar-refractivity contribution < 1.29 is 14.9 Å². The maximum Gasteiger partial charge on any atom is 0.157 e. The van der Waals surface area contributed by atoms with Gasteiger partial charge in [-0.05, 0) is 20.8 Å². The number of hydrogen-bond donors (Lipinski definition) is 2. The molecular formula is C7H16O3. The zero-order valence-electron chi connectivity index (χ0n) is 6.79. The summed E-state index contributed by atoms with van der Waals surface area (Å²) >= 11 is 0. The van der Waals surface area contributed by atoms with E-state index in [0.29, 0.717) is 0 Å². The molecule has 0 aliphatic rings. The summed E-state index contributed by atoms with van der Waals surface area (Å²) in [5.74, 6) is 0. The number of aliphatic hydroxyl groups excluding tert-OH is 2. The highest BCUT2D eigenvalue weighted by molar-refractivity contribution is 4.59. The molecular weight excluding hydrogens is 132 g/mol. The summed E-state index contributed by atoms with van der Waals surface area (Å²) in [5.41, 5.74) is -0.339. The van der Waals surface area contributed by atoms with Crippen LogP contribution in [0.1, 0.15) is 27.2 Å². The van der Waals surface area contributed by atoms with Gasteiger partial charge in [-0.25, -0.2) is 0 Å². The molecule has 0 aliphatic carbocycles. The minimum Gasteiger partial charge on any atom is -0.396 e. The Morgan fingerprint density at radius 1 is 1.40 bits per heavy atom. The summed E-state index contributed by atoms with van der Waals surface area (Å²) in [5, 5.41) is 17.4. The molecule has 3 nitrogen and oxygen atoms in total. The number of aliphatic hydroxyl groups is 2. The van der Waals surface area contributed by atoms with Crippen LogP contribution in [0, 0.1) is 0 Å². The van der Waals surface area contributed by atoms with E-state index in [9.17, 15) is 0 Å². The second kappa shape index (κ2) is 3.91. The lowest BCUT2D eigenvalue weighted by Crippen LogP contribution is -2.27. The molecule has 0 saturated carbocycles. The van der Waals surface area contributed by atoms with E-state index in [-0.39, 0.29) is 18.6 Å². The summed E-state index contributed by atoms with van der Waals surface area (Å²) < 4.78 is 5.07. The summed E-state index contributed by atoms with van der Waals surface area (Å²) in [6.45, 7) is 5.52. The van der Waals surface area contributed by atoms with Crippen LogP contribution in [0.15, 0.2) is 0 Å². The fraction of sp³-hybridized carbons (Fsp3) is 1.00. The molecule has 0 rings (SSSR count). The topological polar surface area (TPSA) is 49.7 Å². The van der Waals surface area contributed by atoms with Crippen LogP contribution in [-0.2, 0) is 4.74 Å². The predicted molar refractivity (Wildman–Crippen MR) is 38.5 cm³/mol. The molecule has 0 aliphatic heterocycles. The third kappa shape index (κ3) is 6.01. The van der Waals surface area contributed by atoms with Crippen LogP contribution in [0.25, 0.3) is 0 Å². The van der Waals surface area contributed by atoms with E-state index in [2.05, 4.69) is 0 Å². The molecule has 0 radical (unpaired) electrons. The van der Waals surface area contributed by atoms with Crippen molar-refractivity contribution in [3.8, 4) is 0 Å². The van der Waals surface area contributed by atoms with E-state index in [1.807, 2.05) is 20.8 Å². The predicted octanol–water partition coefficient (Wildman–Crippen LogP) is 0.502. The first kappa shape index (κ1) is 9.88. The molecule has 0 fully saturated rings. The van der Waals surface area contributed by atoms with E-state index in [1.54, 1.807) is 0 Å². The summed E-state index contributed by atoms with van der Waals surface area (Å²) in [6.07, 6.45) is -0.568. The quantitative estimate of drug-likeness (QED) is 0.573. The Morgan fingerprint density at radius 2 is 1.90 bits per heavy atom. The Morgan fingerprint density at radius 3 is 2.20 bits per heavy atom. The van der Waals surface area contributed by atoms with E-state index in [0.717, 1.165) is 0 Å². The lowest BCUT2D eigenvalue weighted by molar-refractivity contribution is -0.171. The SMILES string of the molecule is CC(C)(C)OC(O)CCO. The average Bonchev–Trinajstić information content (AvgIpc) is 1.59. The molecule has 0 bridgehead atoms. The van der Waals surface area contributed by atoms with Gasteiger partial charge in [0.1, 0.15) is 0 Å². The van der Waals surface area contributed by atoms with Gasteiger partial charge in [0.05, 0.1) is 5.60 Å². The van der Waals surface area contributed by atoms with Gasteiger partial charge in [-0.2, -0.15) is 0 Å². The second-order valence-electron chi connectivity index (χ2n) is 3.20. The van der Waals surface area contributed by atoms with Crippen molar-refractivity contribution in [1.29, 1.82) is 0 Å². The fourth-order valence-corrected chi connectivity index (χ4v) is 0.577. The molecule has 1 unspecified atom stereocenters. The van der Waals surface area contributed by atoms with Crippen molar-refractivity contribution in [2.75, 3.05) is 6.61 Å². The van der Waals surface area contributed by atoms with E-state index in [4.69, 9.17) is 14.9 Å². The van der Waals surface area contributed by atoms with E-state index < -0.39 is 6.29 Å². The van der Waals surface area contributed by atoms with Crippen molar-refractivity contribution in [3.05, 3.63) is 0 Å². The lowest BCUT2D eigenvalue weighted by Gasteiger charge is -2.23. The van der Waals surface area contributed by atoms with Crippen LogP contribution in [0.3, 0.4) is 0 Å². The summed E-state index contributed by atoms with van der Waals surface area (Å²) in [4.78, 5) is 0. The third-order valence-corrected chi connectivity index (χ3v) is 0.866. The fourth-order valence-electron chi connectivity index (χ4n) is 0.577. The van der Waals surface area contributed by atoms with Gasteiger partial charge in [0.25, 0.3) is 0 Å². The molecule has 2 N–H and O–H groups in total. The molecule has 0 saturated heterocycles. The van der Waals surface area contributed by atoms with Crippen LogP contribution in [-0.4, -0.2) is 28.7 Å². The molecule has 0 spiro atoms. The Hall–Kier alpha value is -0.120. The maximum atomic E-state index is 9.00. The van der Waals surface area contributed by atoms with Gasteiger partial charge in [0.2, 0.25) is 0 Å². The minimum atomic E-state index is -0.843. The summed E-state index contributed by atoms with van der Waals surface area (Å²) in [6, 6.07) is 0. The Balaban J connectivity index is 3.47. The van der Waals surface area contributed by atoms with Gasteiger partial charge in [-0.3, -0.25) is 0 Å². The molecule has 1 atom stereocenters. The third-order valence-electron chi connectivity index (χ3n) is 0.866. The van der Waals surface area contributed by atoms with Gasteiger partial charge in [-0.15, -0.1) is 0 Å². The van der Waals surface area contributed by atoms with E-state index >= 15 is 0 Å². The molecule has 10 heavy (non-hydrogen) atoms. The van der Waals surface area contributed by atoms with Gasteiger partial charge in [0, 0.05) is 13.0 Å². The number of hydrogen-bond acceptors (Lipinski definition) is 3. The first-order valence-corrected chi connectivity index (χ1v) is 3.42. The number of rotatable bonds is 3. The highest BCUT2D eigenvalue weighted by Gasteiger charge is 2.15. The van der Waals surface area contributed by atoms with Gasteiger partial charge in [0.15, 0.2) is 6.29 Å². The summed E-state index contributed by atoms with van der Waals surface area (Å²) in [7, 11) is 0. The van der Waals surface area contributed by atoms with Crippen LogP contribution < -0.4 is 0 Å². The smallest absolute Gasteiger partial charge is 0.157 e. The van der Waals surface area contributed by atoms with Crippen LogP contribution in [0.4, 0.5) is 0 Å². The van der Waals surface area contributed by atoms with Crippen LogP contribution in [0.2, 0.25) is 0 Å². The van der Waals surface area contributed by atoms with Gasteiger partial charge >= 0.3 is 0 Å². The monoisotopic (exact) mass is 148 g/mol. The van der Waals surface area contributed by atoms with Crippen molar-refractivity contribution in [2.45, 2.75) is 39.1 Å². The Labute approximate surface area is 61.6 Å². The normalized spacial score (nSPS) is 15.3. The zero-order valence-corrected chi connectivity index (χ0v) is 6.79. The molecule has 62 valence electrons. The standard InChI is InChI=1S/C7H16O3/c1-7(2,3)10-6(9)4-5-8/h6,8-9H,4-5H2,1-3H3. The molecule has 0 aromatic heterocycles. The molecule has 3 heteroatoms. The number of ether oxygens (including phenoxy) is 1. The second-order valence-corrected chi connectivity index (χ2v) is 3.20. The Kier molecular flexibility index (Phi) is 3.86. The molecule has 0 aromatic rings. The average molecular weight is 148 g/mol. The van der Waals surface area contributed by atoms with Crippen LogP contribution >= 0.6 is 0 Å². The highest BCUT2D eigenvalue weighted by Crippen LogP contribution is 2.10. The Bertz CT molecular complexity index is 85.3. The van der Waals surface area contributed by atoms with E-state index in [1.165, 1.54) is 0 Å². The van der Waals surface area contributed by atoms with Crippen molar-refractivity contribution in [1.82, 2.24) is 0 Å². The van der Waals surface area contributed by atoms with Crippen molar-refractivity contribution >= 4 is 0 Å². The first-order valence-electron chi connectivity index (χ1n) is 3.42. The zero-order chi connectivity index (χ0) is 8.20. The molecule has 0 aromatic carbocycles. The van der Waals surface area contributed by atoms with Gasteiger partial charge < -0.3 is 14.9 Å². The first-order chi connectivity index (χ1) is 4.45.